The van der Waals surface area contributed by atoms with Gasteiger partial charge in [0.2, 0.25) is 0 Å². The molecule has 0 spiro atoms. The van der Waals surface area contributed by atoms with Crippen LogP contribution >= 0.6 is 0 Å². The Bertz CT molecular complexity index is 391. The summed E-state index contributed by atoms with van der Waals surface area (Å²) in [6.07, 6.45) is 5.81. The van der Waals surface area contributed by atoms with E-state index in [9.17, 15) is 9.90 Å². The van der Waals surface area contributed by atoms with Crippen molar-refractivity contribution in [3.05, 3.63) is 29.8 Å². The van der Waals surface area contributed by atoms with E-state index < -0.39 is 0 Å². The van der Waals surface area contributed by atoms with Crippen molar-refractivity contribution in [2.75, 3.05) is 7.11 Å². The van der Waals surface area contributed by atoms with E-state index in [1.807, 2.05) is 12.1 Å². The van der Waals surface area contributed by atoms with Gasteiger partial charge in [-0.2, -0.15) is 0 Å². The summed E-state index contributed by atoms with van der Waals surface area (Å²) in [5, 5.41) is 9.33. The Morgan fingerprint density at radius 2 is 1.83 bits per heavy atom. The predicted octanol–water partition coefficient (Wildman–Crippen LogP) is 3.23. The number of ether oxygens (including phenoxy) is 1. The number of carbonyl (C=O) groups is 1. The molecule has 3 nitrogen and oxygen atoms in total. The third kappa shape index (κ3) is 2.84. The zero-order valence-electron chi connectivity index (χ0n) is 10.8. The molecule has 2 rings (SSSR count). The zero-order valence-corrected chi connectivity index (χ0v) is 10.8. The fourth-order valence-electron chi connectivity index (χ4n) is 2.88. The van der Waals surface area contributed by atoms with Crippen LogP contribution in [0.15, 0.2) is 24.3 Å². The Labute approximate surface area is 108 Å². The second-order valence-electron chi connectivity index (χ2n) is 4.99. The van der Waals surface area contributed by atoms with Gasteiger partial charge in [0, 0.05) is 0 Å². The minimum Gasteiger partial charge on any atom is -0.508 e. The molecular formula is C15H20O3. The normalized spacial score (nSPS) is 18.3. The highest BCUT2D eigenvalue weighted by Crippen LogP contribution is 2.37. The maximum atomic E-state index is 12.0. The summed E-state index contributed by atoms with van der Waals surface area (Å²) >= 11 is 0. The van der Waals surface area contributed by atoms with Crippen LogP contribution in [0.25, 0.3) is 0 Å². The van der Waals surface area contributed by atoms with Crippen molar-refractivity contribution in [3.8, 4) is 5.75 Å². The third-order valence-electron chi connectivity index (χ3n) is 3.83. The van der Waals surface area contributed by atoms with Crippen molar-refractivity contribution in [2.45, 2.75) is 38.0 Å². The van der Waals surface area contributed by atoms with Crippen LogP contribution in [0.3, 0.4) is 0 Å². The predicted molar refractivity (Wildman–Crippen MR) is 69.4 cm³/mol. The van der Waals surface area contributed by atoms with Crippen LogP contribution in [0.2, 0.25) is 0 Å². The second-order valence-corrected chi connectivity index (χ2v) is 4.99. The molecule has 0 aliphatic heterocycles. The molecule has 1 atom stereocenters. The summed E-state index contributed by atoms with van der Waals surface area (Å²) in [6, 6.07) is 6.92. The Kier molecular flexibility index (Phi) is 4.24. The Balaban J connectivity index is 2.23. The molecule has 0 amide bonds. The maximum absolute atomic E-state index is 12.0. The van der Waals surface area contributed by atoms with E-state index in [2.05, 4.69) is 0 Å². The van der Waals surface area contributed by atoms with E-state index in [-0.39, 0.29) is 17.6 Å². The number of phenols is 1. The molecule has 1 saturated carbocycles. The summed E-state index contributed by atoms with van der Waals surface area (Å²) in [7, 11) is 1.44. The van der Waals surface area contributed by atoms with Crippen molar-refractivity contribution in [3.63, 3.8) is 0 Å². The molecule has 1 N–H and O–H groups in total. The maximum Gasteiger partial charge on any atom is 0.313 e. The van der Waals surface area contributed by atoms with Gasteiger partial charge in [-0.25, -0.2) is 0 Å². The van der Waals surface area contributed by atoms with E-state index in [1.165, 1.54) is 26.4 Å². The van der Waals surface area contributed by atoms with E-state index in [0.717, 1.165) is 18.4 Å². The van der Waals surface area contributed by atoms with Crippen LogP contribution in [-0.4, -0.2) is 18.2 Å². The second kappa shape index (κ2) is 5.89. The molecule has 0 heterocycles. The fourth-order valence-corrected chi connectivity index (χ4v) is 2.88. The number of phenolic OH excluding ortho intramolecular Hbond substituents is 1. The molecule has 0 radical (unpaired) electrons. The standard InChI is InChI=1S/C15H20O3/c1-18-15(17)14(11-5-3-2-4-6-11)12-7-9-13(16)10-8-12/h7-11,14,16H,2-6H2,1H3/t14-/m1/s1. The minimum absolute atomic E-state index is 0.160. The molecule has 3 heteroatoms. The lowest BCUT2D eigenvalue weighted by Crippen LogP contribution is -2.25. The van der Waals surface area contributed by atoms with Gasteiger partial charge in [0.15, 0.2) is 0 Å². The highest BCUT2D eigenvalue weighted by atomic mass is 16.5. The van der Waals surface area contributed by atoms with Crippen LogP contribution in [0.5, 0.6) is 5.75 Å². The number of carbonyl (C=O) groups excluding carboxylic acids is 1. The van der Waals surface area contributed by atoms with Crippen LogP contribution in [0, 0.1) is 5.92 Å². The number of benzene rings is 1. The third-order valence-corrected chi connectivity index (χ3v) is 3.83. The zero-order chi connectivity index (χ0) is 13.0. The monoisotopic (exact) mass is 248 g/mol. The van der Waals surface area contributed by atoms with E-state index >= 15 is 0 Å². The topological polar surface area (TPSA) is 46.5 Å². The number of rotatable bonds is 3. The van der Waals surface area contributed by atoms with Crippen LogP contribution in [-0.2, 0) is 9.53 Å². The van der Waals surface area contributed by atoms with Gasteiger partial charge in [0.1, 0.15) is 5.75 Å². The van der Waals surface area contributed by atoms with Crippen LogP contribution in [0.1, 0.15) is 43.6 Å². The lowest BCUT2D eigenvalue weighted by molar-refractivity contribution is -0.144. The van der Waals surface area contributed by atoms with E-state index in [0.29, 0.717) is 5.92 Å². The van der Waals surface area contributed by atoms with Crippen LogP contribution < -0.4 is 0 Å². The summed E-state index contributed by atoms with van der Waals surface area (Å²) < 4.78 is 4.95. The summed E-state index contributed by atoms with van der Waals surface area (Å²) in [5.41, 5.74) is 0.951. The van der Waals surface area contributed by atoms with Gasteiger partial charge in [-0.15, -0.1) is 0 Å². The van der Waals surface area contributed by atoms with Gasteiger partial charge in [0.05, 0.1) is 13.0 Å². The average molecular weight is 248 g/mol. The van der Waals surface area contributed by atoms with Gasteiger partial charge in [-0.3, -0.25) is 4.79 Å². The van der Waals surface area contributed by atoms with Gasteiger partial charge >= 0.3 is 5.97 Å². The first-order valence-electron chi connectivity index (χ1n) is 6.59. The molecule has 1 aromatic rings. The van der Waals surface area contributed by atoms with Crippen molar-refractivity contribution in [1.82, 2.24) is 0 Å². The highest BCUT2D eigenvalue weighted by Gasteiger charge is 2.31. The number of methoxy groups -OCH3 is 1. The largest absolute Gasteiger partial charge is 0.508 e. The number of hydrogen-bond acceptors (Lipinski definition) is 3. The van der Waals surface area contributed by atoms with Crippen molar-refractivity contribution in [2.24, 2.45) is 5.92 Å². The van der Waals surface area contributed by atoms with Crippen molar-refractivity contribution in [1.29, 1.82) is 0 Å². The fraction of sp³-hybridized carbons (Fsp3) is 0.533. The number of hydrogen-bond donors (Lipinski definition) is 1. The lowest BCUT2D eigenvalue weighted by Gasteiger charge is -2.28. The summed E-state index contributed by atoms with van der Waals surface area (Å²) in [6.45, 7) is 0. The van der Waals surface area contributed by atoms with E-state index in [1.54, 1.807) is 12.1 Å². The first-order chi connectivity index (χ1) is 8.72. The van der Waals surface area contributed by atoms with E-state index in [4.69, 9.17) is 4.74 Å². The SMILES string of the molecule is COC(=O)[C@@H](c1ccc(O)cc1)C1CCCCC1. The molecule has 0 unspecified atom stereocenters. The van der Waals surface area contributed by atoms with Crippen molar-refractivity contribution < 1.29 is 14.6 Å². The van der Waals surface area contributed by atoms with Gasteiger partial charge < -0.3 is 9.84 Å². The Morgan fingerprint density at radius 3 is 2.39 bits per heavy atom. The summed E-state index contributed by atoms with van der Waals surface area (Å²) in [4.78, 5) is 12.0. The number of aromatic hydroxyl groups is 1. The average Bonchev–Trinajstić information content (AvgIpc) is 2.42. The molecule has 0 aromatic heterocycles. The van der Waals surface area contributed by atoms with Gasteiger partial charge in [-0.1, -0.05) is 31.4 Å². The number of esters is 1. The minimum atomic E-state index is -0.184. The quantitative estimate of drug-likeness (QED) is 0.835. The van der Waals surface area contributed by atoms with Crippen LogP contribution in [0.4, 0.5) is 0 Å². The Morgan fingerprint density at radius 1 is 1.22 bits per heavy atom. The lowest BCUT2D eigenvalue weighted by atomic mass is 9.77. The smallest absolute Gasteiger partial charge is 0.313 e. The van der Waals surface area contributed by atoms with Crippen molar-refractivity contribution >= 4 is 5.97 Å². The molecule has 0 saturated heterocycles. The molecule has 1 aliphatic rings. The first-order valence-corrected chi connectivity index (χ1v) is 6.59. The first kappa shape index (κ1) is 12.9. The Hall–Kier alpha value is -1.51. The molecule has 98 valence electrons. The molecule has 0 bridgehead atoms. The molecule has 18 heavy (non-hydrogen) atoms. The summed E-state index contributed by atoms with van der Waals surface area (Å²) in [5.74, 6) is 0.255. The highest BCUT2D eigenvalue weighted by molar-refractivity contribution is 5.78. The molecule has 1 aliphatic carbocycles. The van der Waals surface area contributed by atoms with Gasteiger partial charge in [-0.05, 0) is 36.5 Å². The molecule has 1 aromatic carbocycles. The molecular weight excluding hydrogens is 228 g/mol. The molecule has 1 fully saturated rings. The van der Waals surface area contributed by atoms with Gasteiger partial charge in [0.25, 0.3) is 0 Å².